The molecule has 7 heteroatoms. The van der Waals surface area contributed by atoms with Gasteiger partial charge < -0.3 is 24.6 Å². The minimum Gasteiger partial charge on any atom is -0.459 e. The Kier molecular flexibility index (Phi) is 9.51. The molecule has 37 heavy (non-hydrogen) atoms. The van der Waals surface area contributed by atoms with E-state index < -0.39 is 12.1 Å². The molecule has 0 spiro atoms. The standard InChI is InChI=1S/C26H28N2O5.2C2H6/c1-5-16-19(10-27-13(2)3)17-8-22-23(33-12-32-22)9-21(17)28-24(16)15-6-14(4)20-11-31-26(30)25(29)18(20)7-15;2*1-2/h7-9,13,25,27,29H,4-6,10-12H2,1-3H3;2*1-2H3. The Morgan fingerprint density at radius 1 is 1.11 bits per heavy atom. The molecule has 2 N–H and O–H groups in total. The molecule has 0 fully saturated rings. The maximum atomic E-state index is 12.0. The lowest BCUT2D eigenvalue weighted by Gasteiger charge is -2.29. The second kappa shape index (κ2) is 12.4. The number of cyclic esters (lactones) is 1. The third-order valence-electron chi connectivity index (χ3n) is 6.43. The first-order valence-electron chi connectivity index (χ1n) is 13.3. The summed E-state index contributed by atoms with van der Waals surface area (Å²) < 4.78 is 16.3. The number of aliphatic hydroxyl groups is 1. The lowest BCUT2D eigenvalue weighted by atomic mass is 9.82. The molecule has 7 nitrogen and oxygen atoms in total. The van der Waals surface area contributed by atoms with Gasteiger partial charge in [-0.1, -0.05) is 55.0 Å². The quantitative estimate of drug-likeness (QED) is 0.506. The summed E-state index contributed by atoms with van der Waals surface area (Å²) in [6, 6.07) is 4.26. The number of rotatable bonds is 5. The van der Waals surface area contributed by atoms with Crippen LogP contribution >= 0.6 is 0 Å². The van der Waals surface area contributed by atoms with E-state index in [9.17, 15) is 9.90 Å². The number of pyridine rings is 1. The molecule has 2 aliphatic heterocycles. The number of aliphatic hydroxyl groups excluding tert-OH is 1. The van der Waals surface area contributed by atoms with Crippen LogP contribution in [0.2, 0.25) is 0 Å². The molecule has 2 aromatic rings. The highest BCUT2D eigenvalue weighted by molar-refractivity contribution is 5.91. The normalized spacial score (nSPS) is 18.0. The third-order valence-corrected chi connectivity index (χ3v) is 6.43. The van der Waals surface area contributed by atoms with E-state index in [1.54, 1.807) is 0 Å². The SMILES string of the molecule is C=C1CC(c2nc3cc4c(cc3c(CNC(C)C)c2CC)OCO4)=CC2=C1COC(=O)C2O.CC.CC. The van der Waals surface area contributed by atoms with Crippen molar-refractivity contribution in [2.45, 2.75) is 80.0 Å². The summed E-state index contributed by atoms with van der Waals surface area (Å²) in [5.74, 6) is 0.787. The smallest absolute Gasteiger partial charge is 0.339 e. The Balaban J connectivity index is 0.000000907. The first-order chi connectivity index (χ1) is 17.9. The van der Waals surface area contributed by atoms with Crippen molar-refractivity contribution in [3.8, 4) is 11.5 Å². The Labute approximate surface area is 220 Å². The second-order valence-electron chi connectivity index (χ2n) is 8.92. The van der Waals surface area contributed by atoms with Gasteiger partial charge in [-0.2, -0.15) is 0 Å². The van der Waals surface area contributed by atoms with Gasteiger partial charge in [0.15, 0.2) is 17.6 Å². The zero-order chi connectivity index (χ0) is 27.3. The van der Waals surface area contributed by atoms with Crippen molar-refractivity contribution < 1.29 is 24.1 Å². The average Bonchev–Trinajstić information content (AvgIpc) is 3.37. The van der Waals surface area contributed by atoms with E-state index in [0.29, 0.717) is 30.3 Å². The summed E-state index contributed by atoms with van der Waals surface area (Å²) >= 11 is 0. The summed E-state index contributed by atoms with van der Waals surface area (Å²) in [4.78, 5) is 17.1. The Hall–Kier alpha value is -3.16. The van der Waals surface area contributed by atoms with Gasteiger partial charge in [0, 0.05) is 24.0 Å². The molecule has 0 radical (unpaired) electrons. The fraction of sp³-hybridized carbons (Fsp3) is 0.467. The van der Waals surface area contributed by atoms with Gasteiger partial charge in [0.2, 0.25) is 6.79 Å². The highest BCUT2D eigenvalue weighted by atomic mass is 16.7. The number of esters is 1. The van der Waals surface area contributed by atoms with Crippen LogP contribution in [-0.2, 0) is 22.5 Å². The van der Waals surface area contributed by atoms with Crippen molar-refractivity contribution in [2.24, 2.45) is 0 Å². The first kappa shape index (κ1) is 28.4. The number of ether oxygens (including phenoxy) is 3. The maximum absolute atomic E-state index is 12.0. The molecule has 3 heterocycles. The molecular weight excluding hydrogens is 468 g/mol. The van der Waals surface area contributed by atoms with Crippen LogP contribution in [-0.4, -0.2) is 41.6 Å². The third kappa shape index (κ3) is 5.58. The number of hydrogen-bond acceptors (Lipinski definition) is 7. The molecular formula is C30H40N2O5. The number of carbonyl (C=O) groups excluding carboxylic acids is 1. The van der Waals surface area contributed by atoms with Crippen molar-refractivity contribution in [1.82, 2.24) is 10.3 Å². The summed E-state index contributed by atoms with van der Waals surface area (Å²) in [5.41, 5.74) is 7.12. The summed E-state index contributed by atoms with van der Waals surface area (Å²) in [6.07, 6.45) is 1.95. The molecule has 200 valence electrons. The number of benzene rings is 1. The molecule has 0 saturated heterocycles. The van der Waals surface area contributed by atoms with Gasteiger partial charge in [-0.15, -0.1) is 0 Å². The van der Waals surface area contributed by atoms with Gasteiger partial charge in [0.25, 0.3) is 0 Å². The Morgan fingerprint density at radius 3 is 2.43 bits per heavy atom. The maximum Gasteiger partial charge on any atom is 0.339 e. The van der Waals surface area contributed by atoms with Crippen LogP contribution in [0, 0.1) is 0 Å². The zero-order valence-corrected chi connectivity index (χ0v) is 23.2. The number of allylic oxidation sites excluding steroid dienone is 1. The van der Waals surface area contributed by atoms with Crippen LogP contribution in [0.4, 0.5) is 0 Å². The van der Waals surface area contributed by atoms with E-state index >= 15 is 0 Å². The predicted octanol–water partition coefficient (Wildman–Crippen LogP) is 5.63. The van der Waals surface area contributed by atoms with Crippen molar-refractivity contribution >= 4 is 22.4 Å². The summed E-state index contributed by atoms with van der Waals surface area (Å²) in [5, 5.41) is 15.1. The first-order valence-corrected chi connectivity index (χ1v) is 13.3. The monoisotopic (exact) mass is 508 g/mol. The van der Waals surface area contributed by atoms with Crippen LogP contribution in [0.1, 0.15) is 71.7 Å². The zero-order valence-electron chi connectivity index (χ0n) is 23.2. The Bertz CT molecular complexity index is 1240. The van der Waals surface area contributed by atoms with Gasteiger partial charge in [0.1, 0.15) is 6.61 Å². The average molecular weight is 509 g/mol. The predicted molar refractivity (Wildman–Crippen MR) is 148 cm³/mol. The lowest BCUT2D eigenvalue weighted by molar-refractivity contribution is -0.151. The van der Waals surface area contributed by atoms with Gasteiger partial charge in [-0.3, -0.25) is 0 Å². The molecule has 1 unspecified atom stereocenters. The van der Waals surface area contributed by atoms with E-state index in [2.05, 4.69) is 32.7 Å². The molecule has 1 aromatic heterocycles. The number of nitrogens with one attached hydrogen (secondary N) is 1. The topological polar surface area (TPSA) is 89.9 Å². The van der Waals surface area contributed by atoms with E-state index in [4.69, 9.17) is 19.2 Å². The van der Waals surface area contributed by atoms with Crippen LogP contribution < -0.4 is 14.8 Å². The molecule has 1 aliphatic carbocycles. The van der Waals surface area contributed by atoms with Crippen molar-refractivity contribution in [2.75, 3.05) is 13.4 Å². The summed E-state index contributed by atoms with van der Waals surface area (Å²) in [7, 11) is 0. The molecule has 0 saturated carbocycles. The minimum absolute atomic E-state index is 0.145. The second-order valence-corrected chi connectivity index (χ2v) is 8.92. The van der Waals surface area contributed by atoms with Crippen LogP contribution in [0.25, 0.3) is 16.5 Å². The van der Waals surface area contributed by atoms with Crippen LogP contribution in [0.3, 0.4) is 0 Å². The fourth-order valence-corrected chi connectivity index (χ4v) is 4.71. The van der Waals surface area contributed by atoms with Gasteiger partial charge >= 0.3 is 5.97 Å². The molecule has 5 rings (SSSR count). The molecule has 0 amide bonds. The fourth-order valence-electron chi connectivity index (χ4n) is 4.71. The molecule has 1 aromatic carbocycles. The van der Waals surface area contributed by atoms with Crippen LogP contribution in [0.5, 0.6) is 11.5 Å². The molecule has 3 aliphatic rings. The van der Waals surface area contributed by atoms with Crippen molar-refractivity contribution in [3.05, 3.63) is 58.3 Å². The van der Waals surface area contributed by atoms with Crippen molar-refractivity contribution in [3.63, 3.8) is 0 Å². The molecule has 1 atom stereocenters. The molecule has 0 bridgehead atoms. The van der Waals surface area contributed by atoms with E-state index in [0.717, 1.165) is 51.0 Å². The number of hydrogen-bond donors (Lipinski definition) is 2. The number of fused-ring (bicyclic) bond motifs is 2. The van der Waals surface area contributed by atoms with E-state index in [-0.39, 0.29) is 13.4 Å². The highest BCUT2D eigenvalue weighted by Crippen LogP contribution is 2.42. The number of carbonyl (C=O) groups is 1. The largest absolute Gasteiger partial charge is 0.459 e. The van der Waals surface area contributed by atoms with Crippen molar-refractivity contribution in [1.29, 1.82) is 0 Å². The van der Waals surface area contributed by atoms with Gasteiger partial charge in [-0.25, -0.2) is 9.78 Å². The Morgan fingerprint density at radius 2 is 1.78 bits per heavy atom. The van der Waals surface area contributed by atoms with Gasteiger partial charge in [0.05, 0.1) is 11.2 Å². The number of aromatic nitrogens is 1. The van der Waals surface area contributed by atoms with E-state index in [1.807, 2.05) is 45.9 Å². The van der Waals surface area contributed by atoms with Gasteiger partial charge in [-0.05, 0) is 58.4 Å². The van der Waals surface area contributed by atoms with Crippen LogP contribution in [0.15, 0.2) is 41.5 Å². The van der Waals surface area contributed by atoms with E-state index in [1.165, 1.54) is 5.56 Å². The number of nitrogens with zero attached hydrogens (tertiary/aromatic N) is 1. The highest BCUT2D eigenvalue weighted by Gasteiger charge is 2.33. The lowest BCUT2D eigenvalue weighted by Crippen LogP contribution is -2.33. The summed E-state index contributed by atoms with van der Waals surface area (Å²) in [6.45, 7) is 19.6. The minimum atomic E-state index is -1.30.